The molecule has 8 heteroatoms. The van der Waals surface area contributed by atoms with Crippen LogP contribution < -0.4 is 0 Å². The standard InChI is InChI=1S/C15H23NO5S2/c1-12-4-8-15(9-5-12)23(19,20)21-13-6-10-14(11-7-13)22(17,18)16(2)3/h4-5,8-9,13-14H,6-7,10-11H2,1-3H3. The molecule has 1 fully saturated rings. The topological polar surface area (TPSA) is 80.8 Å². The molecule has 0 spiro atoms. The van der Waals surface area contributed by atoms with E-state index in [0.717, 1.165) is 5.56 Å². The van der Waals surface area contributed by atoms with Gasteiger partial charge in [-0.25, -0.2) is 12.7 Å². The molecule has 23 heavy (non-hydrogen) atoms. The molecule has 0 heterocycles. The molecule has 1 saturated carbocycles. The molecule has 0 amide bonds. The van der Waals surface area contributed by atoms with Gasteiger partial charge >= 0.3 is 0 Å². The van der Waals surface area contributed by atoms with E-state index in [9.17, 15) is 16.8 Å². The molecule has 1 aliphatic carbocycles. The summed E-state index contributed by atoms with van der Waals surface area (Å²) in [6.45, 7) is 1.88. The SMILES string of the molecule is Cc1ccc(S(=O)(=O)OC2CCC(S(=O)(=O)N(C)C)CC2)cc1. The third kappa shape index (κ3) is 4.32. The van der Waals surface area contributed by atoms with Gasteiger partial charge < -0.3 is 0 Å². The highest BCUT2D eigenvalue weighted by molar-refractivity contribution is 7.89. The van der Waals surface area contributed by atoms with Crippen LogP contribution in [0.5, 0.6) is 0 Å². The fraction of sp³-hybridized carbons (Fsp3) is 0.600. The van der Waals surface area contributed by atoms with Gasteiger partial charge in [-0.1, -0.05) is 17.7 Å². The largest absolute Gasteiger partial charge is 0.297 e. The summed E-state index contributed by atoms with van der Waals surface area (Å²) in [5, 5.41) is -0.459. The maximum Gasteiger partial charge on any atom is 0.297 e. The highest BCUT2D eigenvalue weighted by atomic mass is 32.2. The van der Waals surface area contributed by atoms with Crippen molar-refractivity contribution in [2.45, 2.75) is 48.9 Å². The van der Waals surface area contributed by atoms with Gasteiger partial charge in [-0.15, -0.1) is 0 Å². The number of nitrogens with zero attached hydrogens (tertiary/aromatic N) is 1. The van der Waals surface area contributed by atoms with Gasteiger partial charge in [0.25, 0.3) is 10.1 Å². The molecule has 0 unspecified atom stereocenters. The van der Waals surface area contributed by atoms with E-state index in [-0.39, 0.29) is 4.90 Å². The molecule has 1 aromatic rings. The van der Waals surface area contributed by atoms with Crippen LogP contribution in [-0.4, -0.2) is 46.6 Å². The van der Waals surface area contributed by atoms with E-state index >= 15 is 0 Å². The van der Waals surface area contributed by atoms with Gasteiger partial charge in [-0.2, -0.15) is 8.42 Å². The van der Waals surface area contributed by atoms with Crippen molar-refractivity contribution in [3.8, 4) is 0 Å². The normalized spacial score (nSPS) is 23.1. The van der Waals surface area contributed by atoms with Gasteiger partial charge in [0.1, 0.15) is 0 Å². The van der Waals surface area contributed by atoms with Gasteiger partial charge in [0.2, 0.25) is 10.0 Å². The van der Waals surface area contributed by atoms with Gasteiger partial charge in [-0.3, -0.25) is 4.18 Å². The number of benzene rings is 1. The Kier molecular flexibility index (Phi) is 5.50. The Morgan fingerprint density at radius 1 is 0.957 bits per heavy atom. The predicted octanol–water partition coefficient (Wildman–Crippen LogP) is 1.90. The van der Waals surface area contributed by atoms with Crippen LogP contribution in [0.1, 0.15) is 31.2 Å². The smallest absolute Gasteiger partial charge is 0.263 e. The summed E-state index contributed by atoms with van der Waals surface area (Å²) in [7, 11) is -4.07. The van der Waals surface area contributed by atoms with E-state index in [1.165, 1.54) is 30.5 Å². The van der Waals surface area contributed by atoms with Crippen LogP contribution in [0.4, 0.5) is 0 Å². The molecule has 130 valence electrons. The Bertz CT molecular complexity index is 731. The summed E-state index contributed by atoms with van der Waals surface area (Å²) in [6.07, 6.45) is 1.20. The lowest BCUT2D eigenvalue weighted by atomic mass is 9.97. The summed E-state index contributed by atoms with van der Waals surface area (Å²) in [5.41, 5.74) is 0.971. The molecule has 0 saturated heterocycles. The summed E-state index contributed by atoms with van der Waals surface area (Å²) in [4.78, 5) is 0.131. The number of rotatable bonds is 5. The zero-order chi connectivity index (χ0) is 17.3. The van der Waals surface area contributed by atoms with Crippen LogP contribution in [-0.2, 0) is 24.3 Å². The minimum atomic E-state index is -3.81. The average molecular weight is 361 g/mol. The predicted molar refractivity (Wildman–Crippen MR) is 88.1 cm³/mol. The van der Waals surface area contributed by atoms with Crippen LogP contribution in [0.3, 0.4) is 0 Å². The molecule has 0 bridgehead atoms. The van der Waals surface area contributed by atoms with Crippen LogP contribution in [0.2, 0.25) is 0 Å². The van der Waals surface area contributed by atoms with Crippen molar-refractivity contribution in [2.24, 2.45) is 0 Å². The van der Waals surface area contributed by atoms with Crippen molar-refractivity contribution in [1.29, 1.82) is 0 Å². The number of hydrogen-bond acceptors (Lipinski definition) is 5. The monoisotopic (exact) mass is 361 g/mol. The molecule has 0 radical (unpaired) electrons. The molecule has 0 aromatic heterocycles. The molecule has 1 aromatic carbocycles. The first-order chi connectivity index (χ1) is 10.6. The molecule has 2 rings (SSSR count). The number of hydrogen-bond donors (Lipinski definition) is 0. The minimum Gasteiger partial charge on any atom is -0.263 e. The highest BCUT2D eigenvalue weighted by Crippen LogP contribution is 2.29. The van der Waals surface area contributed by atoms with E-state index in [1.807, 2.05) is 6.92 Å². The molecule has 0 aliphatic heterocycles. The van der Waals surface area contributed by atoms with Crippen molar-refractivity contribution in [3.63, 3.8) is 0 Å². The van der Waals surface area contributed by atoms with E-state index < -0.39 is 31.5 Å². The van der Waals surface area contributed by atoms with Crippen molar-refractivity contribution in [2.75, 3.05) is 14.1 Å². The van der Waals surface area contributed by atoms with Gasteiger partial charge in [0, 0.05) is 14.1 Å². The summed E-state index contributed by atoms with van der Waals surface area (Å²) >= 11 is 0. The average Bonchev–Trinajstić information content (AvgIpc) is 2.47. The second kappa shape index (κ2) is 6.88. The van der Waals surface area contributed by atoms with E-state index in [0.29, 0.717) is 25.7 Å². The van der Waals surface area contributed by atoms with E-state index in [2.05, 4.69) is 0 Å². The Morgan fingerprint density at radius 3 is 1.96 bits per heavy atom. The number of sulfonamides is 1. The van der Waals surface area contributed by atoms with Crippen LogP contribution in [0.25, 0.3) is 0 Å². The summed E-state index contributed by atoms with van der Waals surface area (Å²) in [6, 6.07) is 6.48. The number of aryl methyl sites for hydroxylation is 1. The summed E-state index contributed by atoms with van der Waals surface area (Å²) in [5.74, 6) is 0. The first-order valence-electron chi connectivity index (χ1n) is 7.54. The fourth-order valence-corrected chi connectivity index (χ4v) is 5.26. The van der Waals surface area contributed by atoms with Crippen LogP contribution >= 0.6 is 0 Å². The second-order valence-electron chi connectivity index (χ2n) is 6.09. The van der Waals surface area contributed by atoms with Crippen molar-refractivity contribution in [3.05, 3.63) is 29.8 Å². The third-order valence-electron chi connectivity index (χ3n) is 4.12. The molecular formula is C15H23NO5S2. The van der Waals surface area contributed by atoms with Gasteiger partial charge in [0.15, 0.2) is 0 Å². The zero-order valence-electron chi connectivity index (χ0n) is 13.6. The quantitative estimate of drug-likeness (QED) is 0.748. The Morgan fingerprint density at radius 2 is 1.48 bits per heavy atom. The molecule has 1 aliphatic rings. The lowest BCUT2D eigenvalue weighted by Crippen LogP contribution is -2.37. The van der Waals surface area contributed by atoms with Gasteiger partial charge in [-0.05, 0) is 44.7 Å². The zero-order valence-corrected chi connectivity index (χ0v) is 15.2. The van der Waals surface area contributed by atoms with E-state index in [1.54, 1.807) is 12.1 Å². The van der Waals surface area contributed by atoms with Crippen molar-refractivity contribution in [1.82, 2.24) is 4.31 Å². The first-order valence-corrected chi connectivity index (χ1v) is 10.5. The highest BCUT2D eigenvalue weighted by Gasteiger charge is 2.34. The fourth-order valence-electron chi connectivity index (χ4n) is 2.66. The minimum absolute atomic E-state index is 0.131. The Balaban J connectivity index is 2.00. The Labute approximate surface area is 138 Å². The molecule has 6 nitrogen and oxygen atoms in total. The summed E-state index contributed by atoms with van der Waals surface area (Å²) < 4.78 is 55.2. The maximum absolute atomic E-state index is 12.2. The molecule has 0 atom stereocenters. The van der Waals surface area contributed by atoms with Gasteiger partial charge in [0.05, 0.1) is 16.2 Å². The molecule has 0 N–H and O–H groups in total. The Hall–Kier alpha value is -0.960. The second-order valence-corrected chi connectivity index (χ2v) is 10.1. The van der Waals surface area contributed by atoms with Crippen LogP contribution in [0, 0.1) is 6.92 Å². The van der Waals surface area contributed by atoms with Crippen molar-refractivity contribution < 1.29 is 21.0 Å². The van der Waals surface area contributed by atoms with Crippen molar-refractivity contribution >= 4 is 20.1 Å². The lowest BCUT2D eigenvalue weighted by molar-refractivity contribution is 0.162. The third-order valence-corrected chi connectivity index (χ3v) is 7.83. The first kappa shape index (κ1) is 18.4. The maximum atomic E-state index is 12.2. The van der Waals surface area contributed by atoms with E-state index in [4.69, 9.17) is 4.18 Å². The van der Waals surface area contributed by atoms with Crippen LogP contribution in [0.15, 0.2) is 29.2 Å². The molecular weight excluding hydrogens is 338 g/mol. The lowest BCUT2D eigenvalue weighted by Gasteiger charge is -2.29.